The molecule has 0 spiro atoms. The van der Waals surface area contributed by atoms with Gasteiger partial charge in [-0.15, -0.1) is 5.10 Å². The van der Waals surface area contributed by atoms with Gasteiger partial charge in [0.2, 0.25) is 11.8 Å². The average Bonchev–Trinajstić information content (AvgIpc) is 2.48. The van der Waals surface area contributed by atoms with Gasteiger partial charge in [-0.2, -0.15) is 0 Å². The Bertz CT molecular complexity index is 502. The summed E-state index contributed by atoms with van der Waals surface area (Å²) in [7, 11) is 1.25. The van der Waals surface area contributed by atoms with Crippen LogP contribution in [0.25, 0.3) is 0 Å². The number of carboxylic acids is 1. The van der Waals surface area contributed by atoms with Crippen molar-refractivity contribution < 1.29 is 24.2 Å². The van der Waals surface area contributed by atoms with Crippen LogP contribution in [-0.2, 0) is 19.1 Å². The fraction of sp³-hybridized carbons (Fsp3) is 0.583. The van der Waals surface area contributed by atoms with E-state index in [1.54, 1.807) is 0 Å². The van der Waals surface area contributed by atoms with Gasteiger partial charge >= 0.3 is 12.0 Å². The summed E-state index contributed by atoms with van der Waals surface area (Å²) in [5, 5.41) is 14.6. The number of guanidine groups is 1. The fourth-order valence-electron chi connectivity index (χ4n) is 1.43. The summed E-state index contributed by atoms with van der Waals surface area (Å²) in [4.78, 5) is 37.1. The van der Waals surface area contributed by atoms with Gasteiger partial charge in [0.15, 0.2) is 5.96 Å². The zero-order chi connectivity index (χ0) is 18.5. The Kier molecular flexibility index (Phi) is 10.0. The Balaban J connectivity index is 4.36. The molecule has 0 aromatic rings. The molecule has 0 fully saturated rings. The number of aliphatic imine (C=N–C) groups is 1. The van der Waals surface area contributed by atoms with Gasteiger partial charge in [-0.3, -0.25) is 30.1 Å². The van der Waals surface area contributed by atoms with Crippen LogP contribution in [0.4, 0.5) is 0 Å². The summed E-state index contributed by atoms with van der Waals surface area (Å²) in [5.74, 6) is -2.52. The lowest BCUT2D eigenvalue weighted by molar-refractivity contribution is -0.139. The van der Waals surface area contributed by atoms with Gasteiger partial charge in [-0.1, -0.05) is 0 Å². The molecule has 0 saturated heterocycles. The van der Waals surface area contributed by atoms with Gasteiger partial charge in [0.25, 0.3) is 0 Å². The van der Waals surface area contributed by atoms with Crippen molar-refractivity contribution in [3.63, 3.8) is 0 Å². The van der Waals surface area contributed by atoms with Crippen molar-refractivity contribution in [1.82, 2.24) is 10.7 Å². The van der Waals surface area contributed by atoms with Crippen molar-refractivity contribution in [2.45, 2.75) is 31.7 Å². The molecule has 0 heterocycles. The van der Waals surface area contributed by atoms with Crippen LogP contribution in [-0.4, -0.2) is 54.6 Å². The number of carbonyl (C=O) groups is 3. The molecule has 24 heavy (non-hydrogen) atoms. The number of ether oxygens (including phenoxy) is 1. The molecule has 0 aromatic carbocycles. The van der Waals surface area contributed by atoms with E-state index < -0.39 is 24.3 Å². The molecule has 0 aliphatic carbocycles. The lowest BCUT2D eigenvalue weighted by Crippen LogP contribution is -2.42. The van der Waals surface area contributed by atoms with Crippen molar-refractivity contribution in [1.29, 1.82) is 0 Å². The van der Waals surface area contributed by atoms with Crippen LogP contribution in [0.2, 0.25) is 0 Å². The lowest BCUT2D eigenvalue weighted by Gasteiger charge is -2.12. The highest BCUT2D eigenvalue weighted by Crippen LogP contribution is 1.96. The first-order valence-corrected chi connectivity index (χ1v) is 6.99. The first-order valence-electron chi connectivity index (χ1n) is 6.99. The number of hydrogen-bond acceptors (Lipinski definition) is 7. The molecule has 12 nitrogen and oxygen atoms in total. The van der Waals surface area contributed by atoms with E-state index in [-0.39, 0.29) is 24.3 Å². The topological polar surface area (TPSA) is 208 Å². The molecule has 1 atom stereocenters. The molecule has 0 aliphatic heterocycles. The molecule has 9 N–H and O–H groups in total. The molecule has 0 rings (SSSR count). The number of hydrogen-bond donors (Lipinski definition) is 6. The molecule has 0 aliphatic rings. The van der Waals surface area contributed by atoms with Gasteiger partial charge in [-0.25, -0.2) is 0 Å². The summed E-state index contributed by atoms with van der Waals surface area (Å²) in [6.45, 7) is 0.415. The van der Waals surface area contributed by atoms with Crippen LogP contribution in [0.5, 0.6) is 0 Å². The Labute approximate surface area is 138 Å². The van der Waals surface area contributed by atoms with Crippen molar-refractivity contribution in [2.75, 3.05) is 13.7 Å². The number of nitrogens with zero attached hydrogens (tertiary/aromatic N) is 2. The predicted octanol–water partition coefficient (Wildman–Crippen LogP) is -2.62. The van der Waals surface area contributed by atoms with Crippen LogP contribution in [0.15, 0.2) is 10.1 Å². The lowest BCUT2D eigenvalue weighted by atomic mass is 10.2. The van der Waals surface area contributed by atoms with Gasteiger partial charge in [-0.05, 0) is 12.8 Å². The van der Waals surface area contributed by atoms with E-state index in [1.165, 1.54) is 7.11 Å². The number of carbonyl (C=O) groups excluding carboxylic acids is 2. The minimum atomic E-state index is -1.23. The smallest absolute Gasteiger partial charge is 0.312 e. The highest BCUT2D eigenvalue weighted by atomic mass is 16.5. The summed E-state index contributed by atoms with van der Waals surface area (Å²) in [5.41, 5.74) is 17.6. The van der Waals surface area contributed by atoms with E-state index in [4.69, 9.17) is 27.0 Å². The highest BCUT2D eigenvalue weighted by molar-refractivity contribution is 5.94. The normalized spacial score (nSPS) is 12.0. The number of rotatable bonds is 10. The van der Waals surface area contributed by atoms with Crippen LogP contribution in [0.3, 0.4) is 0 Å². The Morgan fingerprint density at radius 1 is 1.21 bits per heavy atom. The number of amidine groups is 1. The summed E-state index contributed by atoms with van der Waals surface area (Å²) in [6, 6.07) is -1.45. The molecule has 12 heteroatoms. The second-order valence-electron chi connectivity index (χ2n) is 4.61. The molecule has 2 amide bonds. The Morgan fingerprint density at radius 3 is 2.38 bits per heavy atom. The van der Waals surface area contributed by atoms with Crippen LogP contribution in [0.1, 0.15) is 25.7 Å². The van der Waals surface area contributed by atoms with E-state index >= 15 is 0 Å². The maximum Gasteiger partial charge on any atom is 0.312 e. The summed E-state index contributed by atoms with van der Waals surface area (Å²) >= 11 is 0. The molecular weight excluding hydrogens is 322 g/mol. The SMILES string of the molecule is COC(=NN[C@@H](CC(=O)O)C(N)=O)NC(=O)CCCCN=C(N)N. The minimum Gasteiger partial charge on any atom is -0.481 e. The minimum absolute atomic E-state index is 0.00954. The number of nitrogens with two attached hydrogens (primary N) is 3. The van der Waals surface area contributed by atoms with Crippen molar-refractivity contribution in [2.24, 2.45) is 27.3 Å². The number of primary amides is 1. The Morgan fingerprint density at radius 2 is 1.88 bits per heavy atom. The molecule has 0 saturated carbocycles. The third-order valence-corrected chi connectivity index (χ3v) is 2.59. The maximum absolute atomic E-state index is 11.7. The third-order valence-electron chi connectivity index (χ3n) is 2.59. The molecule has 136 valence electrons. The van der Waals surface area contributed by atoms with Gasteiger partial charge in [0.05, 0.1) is 13.5 Å². The van der Waals surface area contributed by atoms with E-state index in [2.05, 4.69) is 20.8 Å². The van der Waals surface area contributed by atoms with Gasteiger partial charge in [0.1, 0.15) is 6.04 Å². The number of aliphatic carboxylic acids is 1. The summed E-state index contributed by atoms with van der Waals surface area (Å²) < 4.78 is 4.82. The molecule has 0 bridgehead atoms. The number of nitrogens with one attached hydrogen (secondary N) is 2. The second-order valence-corrected chi connectivity index (χ2v) is 4.61. The molecule has 0 radical (unpaired) electrons. The standard InChI is InChI=1S/C12H23N7O5/c1-24-12(19-18-7(10(13)23)6-9(21)22)17-8(20)4-2-3-5-16-11(14)15/h7,18H,2-6H2,1H3,(H2,13,23)(H,21,22)(H4,14,15,16)(H,17,19,20)/t7-/m0/s1. The van der Waals surface area contributed by atoms with Crippen molar-refractivity contribution >= 4 is 29.8 Å². The quantitative estimate of drug-likeness (QED) is 0.107. The Hall–Kier alpha value is -3.05. The number of carboxylic acid groups (broad SMARTS) is 1. The number of methoxy groups -OCH3 is 1. The first-order chi connectivity index (χ1) is 11.3. The molecule has 0 unspecified atom stereocenters. The number of unbranched alkanes of at least 4 members (excludes halogenated alkanes) is 1. The van der Waals surface area contributed by atoms with Crippen LogP contribution < -0.4 is 27.9 Å². The number of amides is 2. The predicted molar refractivity (Wildman–Crippen MR) is 85.5 cm³/mol. The number of hydrazone groups is 1. The molecular formula is C12H23N7O5. The average molecular weight is 345 g/mol. The first kappa shape index (κ1) is 20.9. The van der Waals surface area contributed by atoms with Crippen LogP contribution in [0, 0.1) is 0 Å². The second kappa shape index (κ2) is 11.5. The fourth-order valence-corrected chi connectivity index (χ4v) is 1.43. The van der Waals surface area contributed by atoms with Crippen molar-refractivity contribution in [3.05, 3.63) is 0 Å². The molecule has 0 aromatic heterocycles. The zero-order valence-electron chi connectivity index (χ0n) is 13.3. The largest absolute Gasteiger partial charge is 0.481 e. The van der Waals surface area contributed by atoms with Crippen LogP contribution >= 0.6 is 0 Å². The third kappa shape index (κ3) is 10.6. The van der Waals surface area contributed by atoms with Gasteiger partial charge < -0.3 is 27.0 Å². The van der Waals surface area contributed by atoms with E-state index in [0.29, 0.717) is 19.4 Å². The monoisotopic (exact) mass is 345 g/mol. The maximum atomic E-state index is 11.7. The van der Waals surface area contributed by atoms with E-state index in [9.17, 15) is 14.4 Å². The highest BCUT2D eigenvalue weighted by Gasteiger charge is 2.18. The van der Waals surface area contributed by atoms with E-state index in [1.807, 2.05) is 0 Å². The van der Waals surface area contributed by atoms with Gasteiger partial charge in [0, 0.05) is 13.0 Å². The van der Waals surface area contributed by atoms with Crippen molar-refractivity contribution in [3.8, 4) is 0 Å². The zero-order valence-corrected chi connectivity index (χ0v) is 13.3. The summed E-state index contributed by atoms with van der Waals surface area (Å²) in [6.07, 6.45) is 0.771. The van der Waals surface area contributed by atoms with E-state index in [0.717, 1.165) is 0 Å².